The molecule has 0 heterocycles. The lowest BCUT2D eigenvalue weighted by Crippen LogP contribution is -2.26. The van der Waals surface area contributed by atoms with Gasteiger partial charge in [-0.2, -0.15) is 0 Å². The summed E-state index contributed by atoms with van der Waals surface area (Å²) in [5.74, 6) is 0. The molecule has 0 spiro atoms. The summed E-state index contributed by atoms with van der Waals surface area (Å²) < 4.78 is 12.3. The molecule has 0 atom stereocenters. The van der Waals surface area contributed by atoms with Gasteiger partial charge >= 0.3 is 9.28 Å². The van der Waals surface area contributed by atoms with Crippen LogP contribution in [0.25, 0.3) is 0 Å². The molecule has 16 heavy (non-hydrogen) atoms. The second-order valence-corrected chi connectivity index (χ2v) is 5.81. The molecular formula is C12H18IO2Si. The second-order valence-electron chi connectivity index (χ2n) is 3.37. The Balaban J connectivity index is 2.60. The molecule has 1 aromatic rings. The van der Waals surface area contributed by atoms with Gasteiger partial charge in [-0.1, -0.05) is 46.9 Å². The minimum atomic E-state index is -1.13. The minimum absolute atomic E-state index is 0.736. The van der Waals surface area contributed by atoms with Gasteiger partial charge in [-0.05, 0) is 25.0 Å². The molecule has 0 N–H and O–H groups in total. The van der Waals surface area contributed by atoms with E-state index in [1.165, 1.54) is 11.1 Å². The molecule has 0 bridgehead atoms. The summed E-state index contributed by atoms with van der Waals surface area (Å²) in [5, 5.41) is 0. The molecule has 0 amide bonds. The van der Waals surface area contributed by atoms with E-state index >= 15 is 0 Å². The van der Waals surface area contributed by atoms with Gasteiger partial charge in [0.1, 0.15) is 0 Å². The van der Waals surface area contributed by atoms with Gasteiger partial charge in [0, 0.05) is 23.7 Å². The van der Waals surface area contributed by atoms with Gasteiger partial charge in [0.25, 0.3) is 0 Å². The van der Waals surface area contributed by atoms with E-state index in [9.17, 15) is 0 Å². The van der Waals surface area contributed by atoms with Crippen molar-refractivity contribution in [2.24, 2.45) is 0 Å². The fraction of sp³-hybridized carbons (Fsp3) is 0.500. The Labute approximate surface area is 113 Å². The molecule has 0 fully saturated rings. The topological polar surface area (TPSA) is 18.5 Å². The molecule has 0 aliphatic heterocycles. The third-order valence-electron chi connectivity index (χ3n) is 2.10. The van der Waals surface area contributed by atoms with Gasteiger partial charge in [-0.25, -0.2) is 0 Å². The van der Waals surface area contributed by atoms with Gasteiger partial charge in [0.2, 0.25) is 0 Å². The van der Waals surface area contributed by atoms with Crippen LogP contribution in [0.1, 0.15) is 25.0 Å². The van der Waals surface area contributed by atoms with Crippen molar-refractivity contribution in [3.8, 4) is 0 Å². The summed E-state index contributed by atoms with van der Waals surface area (Å²) in [4.78, 5) is 0. The largest absolute Gasteiger partial charge is 0.393 e. The Kier molecular flexibility index (Phi) is 7.27. The maximum atomic E-state index is 5.64. The van der Waals surface area contributed by atoms with Crippen molar-refractivity contribution in [2.45, 2.75) is 24.3 Å². The molecular weight excluding hydrogens is 331 g/mol. The number of rotatable bonds is 7. The highest BCUT2D eigenvalue weighted by Crippen LogP contribution is 2.11. The molecule has 1 radical (unpaired) electrons. The molecule has 0 unspecified atom stereocenters. The van der Waals surface area contributed by atoms with Crippen molar-refractivity contribution in [2.75, 3.05) is 13.2 Å². The number of alkyl halides is 1. The molecule has 1 rings (SSSR count). The van der Waals surface area contributed by atoms with Crippen molar-refractivity contribution >= 4 is 31.9 Å². The molecule has 0 aromatic heterocycles. The fourth-order valence-electron chi connectivity index (χ4n) is 1.46. The lowest BCUT2D eigenvalue weighted by molar-refractivity contribution is 0.213. The van der Waals surface area contributed by atoms with E-state index in [2.05, 4.69) is 46.9 Å². The number of halogens is 1. The smallest absolute Gasteiger partial charge is 0.389 e. The summed E-state index contributed by atoms with van der Waals surface area (Å²) in [7, 11) is -1.13. The third kappa shape index (κ3) is 4.95. The normalized spacial score (nSPS) is 11.0. The Bertz CT molecular complexity index is 301. The van der Waals surface area contributed by atoms with E-state index in [1.54, 1.807) is 0 Å². The first-order valence-electron chi connectivity index (χ1n) is 5.55. The zero-order valence-electron chi connectivity index (χ0n) is 9.83. The molecule has 0 saturated heterocycles. The molecule has 1 aromatic carbocycles. The Morgan fingerprint density at radius 3 is 2.31 bits per heavy atom. The van der Waals surface area contributed by atoms with Crippen molar-refractivity contribution in [1.82, 2.24) is 0 Å². The molecule has 0 aliphatic carbocycles. The van der Waals surface area contributed by atoms with Crippen LogP contribution < -0.4 is 0 Å². The maximum Gasteiger partial charge on any atom is 0.389 e. The van der Waals surface area contributed by atoms with Crippen LogP contribution >= 0.6 is 22.6 Å². The zero-order chi connectivity index (χ0) is 11.8. The van der Waals surface area contributed by atoms with Gasteiger partial charge in [0.05, 0.1) is 0 Å². The highest BCUT2D eigenvalue weighted by Gasteiger charge is 2.15. The summed E-state index contributed by atoms with van der Waals surface area (Å²) in [6.07, 6.45) is 0. The molecule has 2 nitrogen and oxygen atoms in total. The first-order chi connectivity index (χ1) is 7.80. The summed E-state index contributed by atoms with van der Waals surface area (Å²) in [6, 6.07) is 9.59. The van der Waals surface area contributed by atoms with Crippen LogP contribution in [0.15, 0.2) is 24.3 Å². The van der Waals surface area contributed by atoms with Gasteiger partial charge in [-0.3, -0.25) is 0 Å². The van der Waals surface area contributed by atoms with Crippen molar-refractivity contribution in [3.05, 3.63) is 35.4 Å². The lowest BCUT2D eigenvalue weighted by atomic mass is 10.2. The second kappa shape index (κ2) is 8.22. The number of benzene rings is 1. The van der Waals surface area contributed by atoms with E-state index in [-0.39, 0.29) is 0 Å². The van der Waals surface area contributed by atoms with Crippen molar-refractivity contribution in [3.63, 3.8) is 0 Å². The standard InChI is InChI=1S/C12H18IO2Si/c1-3-14-16(15-4-2)10-12-7-5-6-11(8-12)9-13/h5-8H,3-4,9-10H2,1-2H3. The number of hydrogen-bond acceptors (Lipinski definition) is 2. The highest BCUT2D eigenvalue weighted by atomic mass is 127. The van der Waals surface area contributed by atoms with E-state index in [0.717, 1.165) is 23.7 Å². The van der Waals surface area contributed by atoms with Crippen LogP contribution in [-0.4, -0.2) is 22.5 Å². The monoisotopic (exact) mass is 349 g/mol. The average molecular weight is 349 g/mol. The quantitative estimate of drug-likeness (QED) is 0.427. The number of hydrogen-bond donors (Lipinski definition) is 0. The van der Waals surface area contributed by atoms with Crippen molar-refractivity contribution in [1.29, 1.82) is 0 Å². The highest BCUT2D eigenvalue weighted by molar-refractivity contribution is 14.1. The first kappa shape index (κ1) is 14.1. The van der Waals surface area contributed by atoms with Gasteiger partial charge in [-0.15, -0.1) is 0 Å². The molecule has 0 saturated carbocycles. The third-order valence-corrected chi connectivity index (χ3v) is 4.90. The molecule has 89 valence electrons. The van der Waals surface area contributed by atoms with Crippen LogP contribution in [0.4, 0.5) is 0 Å². The van der Waals surface area contributed by atoms with Crippen LogP contribution in [-0.2, 0) is 19.3 Å². The molecule has 4 heteroatoms. The fourth-order valence-corrected chi connectivity index (χ4v) is 3.41. The maximum absolute atomic E-state index is 5.64. The van der Waals surface area contributed by atoms with Crippen LogP contribution in [0.5, 0.6) is 0 Å². The average Bonchev–Trinajstić information content (AvgIpc) is 2.30. The van der Waals surface area contributed by atoms with E-state index in [1.807, 2.05) is 13.8 Å². The SMILES string of the molecule is CCO[Si](Cc1cccc(CI)c1)OCC. The van der Waals surface area contributed by atoms with Crippen LogP contribution in [0.2, 0.25) is 0 Å². The Morgan fingerprint density at radius 1 is 1.12 bits per heavy atom. The zero-order valence-corrected chi connectivity index (χ0v) is 13.0. The van der Waals surface area contributed by atoms with Crippen LogP contribution in [0, 0.1) is 0 Å². The minimum Gasteiger partial charge on any atom is -0.393 e. The van der Waals surface area contributed by atoms with E-state index in [0.29, 0.717) is 0 Å². The first-order valence-corrected chi connectivity index (χ1v) is 8.60. The Morgan fingerprint density at radius 2 is 1.75 bits per heavy atom. The Hall–Kier alpha value is 0.0869. The summed E-state index contributed by atoms with van der Waals surface area (Å²) in [6.45, 7) is 5.51. The van der Waals surface area contributed by atoms with E-state index < -0.39 is 9.28 Å². The van der Waals surface area contributed by atoms with Gasteiger partial charge < -0.3 is 8.85 Å². The summed E-state index contributed by atoms with van der Waals surface area (Å²) in [5.41, 5.74) is 2.69. The summed E-state index contributed by atoms with van der Waals surface area (Å²) >= 11 is 2.38. The van der Waals surface area contributed by atoms with Crippen LogP contribution in [0.3, 0.4) is 0 Å². The predicted molar refractivity (Wildman–Crippen MR) is 76.9 cm³/mol. The van der Waals surface area contributed by atoms with Gasteiger partial charge in [0.15, 0.2) is 0 Å². The lowest BCUT2D eigenvalue weighted by Gasteiger charge is -2.13. The molecule has 0 aliphatic rings. The predicted octanol–water partition coefficient (Wildman–Crippen LogP) is 3.26. The van der Waals surface area contributed by atoms with Crippen molar-refractivity contribution < 1.29 is 8.85 Å². The van der Waals surface area contributed by atoms with E-state index in [4.69, 9.17) is 8.85 Å².